The third-order valence-corrected chi connectivity index (χ3v) is 10.0. The van der Waals surface area contributed by atoms with E-state index in [2.05, 4.69) is 15.0 Å². The Balaban J connectivity index is 1.14. The topological polar surface area (TPSA) is 80.6 Å². The third kappa shape index (κ3) is 6.18. The van der Waals surface area contributed by atoms with Crippen LogP contribution in [0.1, 0.15) is 48.2 Å². The standard InChI is InChI=1S/C28H34F3N5O3S/c1-20-27(21(2)36(33-20)19-22-6-4-3-5-7-22)40(37,38)35-16-10-24(11-17-35)34-14-12-25(13-15-34)39-26-9-8-23(18-32-26)28(29,30)31/h3-9,18,24-25H,10-17,19H2,1-2H3. The van der Waals surface area contributed by atoms with E-state index in [-0.39, 0.29) is 18.0 Å². The Bertz CT molecular complexity index is 1400. The first kappa shape index (κ1) is 28.6. The van der Waals surface area contributed by atoms with Crippen molar-refractivity contribution in [2.75, 3.05) is 26.2 Å². The second kappa shape index (κ2) is 11.5. The molecule has 3 aromatic rings. The fourth-order valence-corrected chi connectivity index (χ4v) is 7.53. The van der Waals surface area contributed by atoms with Crippen molar-refractivity contribution in [1.82, 2.24) is 24.0 Å². The number of rotatable bonds is 7. The van der Waals surface area contributed by atoms with Crippen LogP contribution in [-0.4, -0.2) is 70.7 Å². The summed E-state index contributed by atoms with van der Waals surface area (Å²) in [5, 5.41) is 4.54. The first-order valence-corrected chi connectivity index (χ1v) is 15.0. The van der Waals surface area contributed by atoms with Crippen LogP contribution in [0.3, 0.4) is 0 Å². The minimum atomic E-state index is -4.42. The van der Waals surface area contributed by atoms with Crippen molar-refractivity contribution in [3.8, 4) is 5.88 Å². The molecule has 0 amide bonds. The van der Waals surface area contributed by atoms with Crippen LogP contribution in [0.2, 0.25) is 0 Å². The molecule has 0 bridgehead atoms. The van der Waals surface area contributed by atoms with Gasteiger partial charge in [0.25, 0.3) is 0 Å². The van der Waals surface area contributed by atoms with Crippen LogP contribution < -0.4 is 4.74 Å². The zero-order valence-corrected chi connectivity index (χ0v) is 23.5. The number of hydrogen-bond donors (Lipinski definition) is 0. The zero-order chi connectivity index (χ0) is 28.5. The predicted molar refractivity (Wildman–Crippen MR) is 143 cm³/mol. The molecular weight excluding hydrogens is 543 g/mol. The van der Waals surface area contributed by atoms with Crippen LogP contribution in [0, 0.1) is 13.8 Å². The first-order chi connectivity index (χ1) is 19.0. The number of aromatic nitrogens is 3. The van der Waals surface area contributed by atoms with Gasteiger partial charge < -0.3 is 9.64 Å². The largest absolute Gasteiger partial charge is 0.474 e. The maximum atomic E-state index is 13.6. The number of ether oxygens (including phenoxy) is 1. The SMILES string of the molecule is Cc1nn(Cc2ccccc2)c(C)c1S(=O)(=O)N1CCC(N2CCC(Oc3ccc(C(F)(F)F)cn3)CC2)CC1. The number of nitrogens with zero attached hydrogens (tertiary/aromatic N) is 5. The maximum Gasteiger partial charge on any atom is 0.417 e. The third-order valence-electron chi connectivity index (χ3n) is 7.86. The number of pyridine rings is 1. The van der Waals surface area contributed by atoms with Gasteiger partial charge in [-0.3, -0.25) is 4.68 Å². The molecular formula is C28H34F3N5O3S. The van der Waals surface area contributed by atoms with Crippen LogP contribution >= 0.6 is 0 Å². The number of aryl methyl sites for hydroxylation is 1. The average molecular weight is 578 g/mol. The van der Waals surface area contributed by atoms with E-state index in [0.717, 1.165) is 56.6 Å². The van der Waals surface area contributed by atoms with E-state index in [1.165, 1.54) is 6.07 Å². The summed E-state index contributed by atoms with van der Waals surface area (Å²) in [6.07, 6.45) is -0.792. The molecule has 0 spiro atoms. The Morgan fingerprint density at radius 2 is 1.62 bits per heavy atom. The zero-order valence-electron chi connectivity index (χ0n) is 22.6. The number of benzene rings is 1. The van der Waals surface area contributed by atoms with E-state index in [0.29, 0.717) is 35.9 Å². The average Bonchev–Trinajstić information content (AvgIpc) is 3.22. The van der Waals surface area contributed by atoms with Gasteiger partial charge >= 0.3 is 6.18 Å². The molecule has 2 aliphatic heterocycles. The van der Waals surface area contributed by atoms with Gasteiger partial charge in [-0.2, -0.15) is 22.6 Å². The molecule has 1 aromatic carbocycles. The molecule has 4 heterocycles. The van der Waals surface area contributed by atoms with Crippen LogP contribution in [-0.2, 0) is 22.7 Å². The normalized spacial score (nSPS) is 18.7. The fourth-order valence-electron chi connectivity index (χ4n) is 5.69. The Kier molecular flexibility index (Phi) is 8.21. The first-order valence-electron chi connectivity index (χ1n) is 13.5. The highest BCUT2D eigenvalue weighted by Gasteiger charge is 2.36. The van der Waals surface area contributed by atoms with Gasteiger partial charge in [0.1, 0.15) is 11.0 Å². The van der Waals surface area contributed by atoms with E-state index < -0.39 is 21.8 Å². The van der Waals surface area contributed by atoms with E-state index >= 15 is 0 Å². The van der Waals surface area contributed by atoms with Gasteiger partial charge in [0, 0.05) is 44.5 Å². The number of sulfonamides is 1. The van der Waals surface area contributed by atoms with Crippen molar-refractivity contribution in [1.29, 1.82) is 0 Å². The van der Waals surface area contributed by atoms with Crippen molar-refractivity contribution < 1.29 is 26.3 Å². The number of piperidine rings is 2. The number of hydrogen-bond acceptors (Lipinski definition) is 6. The molecule has 8 nitrogen and oxygen atoms in total. The Morgan fingerprint density at radius 1 is 0.950 bits per heavy atom. The van der Waals surface area contributed by atoms with E-state index in [1.807, 2.05) is 37.3 Å². The predicted octanol–water partition coefficient (Wildman–Crippen LogP) is 4.66. The summed E-state index contributed by atoms with van der Waals surface area (Å²) in [7, 11) is -3.67. The Hall–Kier alpha value is -2.96. The summed E-state index contributed by atoms with van der Waals surface area (Å²) in [5.41, 5.74) is 1.42. The monoisotopic (exact) mass is 577 g/mol. The summed E-state index contributed by atoms with van der Waals surface area (Å²) in [4.78, 5) is 6.49. The van der Waals surface area contributed by atoms with Crippen LogP contribution in [0.25, 0.3) is 0 Å². The molecule has 40 heavy (non-hydrogen) atoms. The molecule has 12 heteroatoms. The van der Waals surface area contributed by atoms with Crippen molar-refractivity contribution in [2.45, 2.75) is 69.3 Å². The second-order valence-electron chi connectivity index (χ2n) is 10.5. The molecule has 2 saturated heterocycles. The molecule has 216 valence electrons. The van der Waals surface area contributed by atoms with Gasteiger partial charge in [-0.05, 0) is 51.2 Å². The molecule has 0 atom stereocenters. The van der Waals surface area contributed by atoms with E-state index in [1.54, 1.807) is 15.9 Å². The van der Waals surface area contributed by atoms with Gasteiger partial charge in [-0.15, -0.1) is 0 Å². The fraction of sp³-hybridized carbons (Fsp3) is 0.500. The highest BCUT2D eigenvalue weighted by molar-refractivity contribution is 7.89. The molecule has 0 N–H and O–H groups in total. The molecule has 0 unspecified atom stereocenters. The van der Waals surface area contributed by atoms with Crippen molar-refractivity contribution >= 4 is 10.0 Å². The van der Waals surface area contributed by atoms with Crippen LogP contribution in [0.4, 0.5) is 13.2 Å². The Morgan fingerprint density at radius 3 is 2.23 bits per heavy atom. The Labute approximate surface area is 232 Å². The van der Waals surface area contributed by atoms with E-state index in [4.69, 9.17) is 4.74 Å². The summed E-state index contributed by atoms with van der Waals surface area (Å²) in [5.74, 6) is 0.197. The summed E-state index contributed by atoms with van der Waals surface area (Å²) < 4.78 is 74.7. The lowest BCUT2D eigenvalue weighted by molar-refractivity contribution is -0.137. The number of halogens is 3. The van der Waals surface area contributed by atoms with Crippen molar-refractivity contribution in [3.05, 3.63) is 71.2 Å². The highest BCUT2D eigenvalue weighted by atomic mass is 32.2. The quantitative estimate of drug-likeness (QED) is 0.407. The summed E-state index contributed by atoms with van der Waals surface area (Å²) in [6, 6.07) is 12.4. The van der Waals surface area contributed by atoms with Crippen LogP contribution in [0.5, 0.6) is 5.88 Å². The number of alkyl halides is 3. The lowest BCUT2D eigenvalue weighted by Crippen LogP contribution is -2.50. The minimum Gasteiger partial charge on any atom is -0.474 e. The van der Waals surface area contributed by atoms with E-state index in [9.17, 15) is 21.6 Å². The van der Waals surface area contributed by atoms with Gasteiger partial charge in [0.2, 0.25) is 15.9 Å². The lowest BCUT2D eigenvalue weighted by Gasteiger charge is -2.41. The van der Waals surface area contributed by atoms with Crippen LogP contribution in [0.15, 0.2) is 53.6 Å². The molecule has 2 aromatic heterocycles. The van der Waals surface area contributed by atoms with Gasteiger partial charge in [0.15, 0.2) is 0 Å². The smallest absolute Gasteiger partial charge is 0.417 e. The van der Waals surface area contributed by atoms with Gasteiger partial charge in [-0.1, -0.05) is 30.3 Å². The van der Waals surface area contributed by atoms with Crippen molar-refractivity contribution in [2.24, 2.45) is 0 Å². The molecule has 2 aliphatic rings. The summed E-state index contributed by atoms with van der Waals surface area (Å²) >= 11 is 0. The maximum absolute atomic E-state index is 13.6. The molecule has 0 radical (unpaired) electrons. The molecule has 0 aliphatic carbocycles. The van der Waals surface area contributed by atoms with Gasteiger partial charge in [-0.25, -0.2) is 13.4 Å². The van der Waals surface area contributed by atoms with Crippen molar-refractivity contribution in [3.63, 3.8) is 0 Å². The lowest BCUT2D eigenvalue weighted by atomic mass is 10.00. The summed E-state index contributed by atoms with van der Waals surface area (Å²) in [6.45, 7) is 6.54. The second-order valence-corrected chi connectivity index (χ2v) is 12.4. The van der Waals surface area contributed by atoms with Gasteiger partial charge in [0.05, 0.1) is 23.5 Å². The highest BCUT2D eigenvalue weighted by Crippen LogP contribution is 2.31. The molecule has 5 rings (SSSR count). The molecule has 2 fully saturated rings. The minimum absolute atomic E-state index is 0.112. The molecule has 0 saturated carbocycles. The number of likely N-dealkylation sites (tertiary alicyclic amines) is 1.